The van der Waals surface area contributed by atoms with Gasteiger partial charge in [0.05, 0.1) is 6.61 Å². The number of β-amino-alcohol motifs (C(OH)–C–C–N with tert-alkyl or cyclic N) is 1. The van der Waals surface area contributed by atoms with Crippen LogP contribution in [-0.4, -0.2) is 54.2 Å². The molecule has 1 fully saturated rings. The van der Waals surface area contributed by atoms with Crippen LogP contribution in [0.1, 0.15) is 24.9 Å². The first kappa shape index (κ1) is 14.4. The maximum Gasteiger partial charge on any atom is 0.123 e. The number of hydrogen-bond donors (Lipinski definition) is 1. The van der Waals surface area contributed by atoms with Crippen molar-refractivity contribution < 1.29 is 9.50 Å². The molecule has 1 atom stereocenters. The molecule has 4 heteroatoms. The van der Waals surface area contributed by atoms with Crippen molar-refractivity contribution in [1.82, 2.24) is 9.80 Å². The maximum absolute atomic E-state index is 13.0. The minimum absolute atomic E-state index is 0.175. The number of hydrogen-bond acceptors (Lipinski definition) is 3. The van der Waals surface area contributed by atoms with Crippen molar-refractivity contribution in [3.63, 3.8) is 0 Å². The molecule has 0 saturated carbocycles. The van der Waals surface area contributed by atoms with E-state index in [4.69, 9.17) is 5.11 Å². The Morgan fingerprint density at radius 3 is 2.32 bits per heavy atom. The van der Waals surface area contributed by atoms with E-state index in [9.17, 15) is 4.39 Å². The quantitative estimate of drug-likeness (QED) is 0.881. The highest BCUT2D eigenvalue weighted by Crippen LogP contribution is 2.25. The minimum atomic E-state index is -0.175. The molecule has 0 aromatic heterocycles. The van der Waals surface area contributed by atoms with Crippen molar-refractivity contribution in [2.75, 3.05) is 39.3 Å². The number of aliphatic hydroxyl groups is 1. The molecule has 0 aliphatic carbocycles. The lowest BCUT2D eigenvalue weighted by molar-refractivity contribution is 0.0818. The predicted octanol–water partition coefficient (Wildman–Crippen LogP) is 1.89. The smallest absolute Gasteiger partial charge is 0.123 e. The van der Waals surface area contributed by atoms with E-state index in [1.807, 2.05) is 12.1 Å². The van der Waals surface area contributed by atoms with E-state index in [2.05, 4.69) is 16.7 Å². The predicted molar refractivity (Wildman–Crippen MR) is 74.5 cm³/mol. The van der Waals surface area contributed by atoms with Gasteiger partial charge in [-0.2, -0.15) is 0 Å². The lowest BCUT2D eigenvalue weighted by atomic mass is 10.0. The normalized spacial score (nSPS) is 19.5. The Balaban J connectivity index is 1.97. The summed E-state index contributed by atoms with van der Waals surface area (Å²) in [6.07, 6.45) is 1.03. The van der Waals surface area contributed by atoms with Crippen molar-refractivity contribution in [3.05, 3.63) is 35.6 Å². The standard InChI is InChI=1S/C15H23FN2O/c1-2-15(13-3-5-14(16)6-4-13)18-9-7-17(8-10-18)11-12-19/h3-6,15,19H,2,7-12H2,1H3. The highest BCUT2D eigenvalue weighted by molar-refractivity contribution is 5.20. The summed E-state index contributed by atoms with van der Waals surface area (Å²) < 4.78 is 13.0. The van der Waals surface area contributed by atoms with Crippen LogP contribution in [0, 0.1) is 5.82 Å². The molecule has 106 valence electrons. The molecule has 0 radical (unpaired) electrons. The lowest BCUT2D eigenvalue weighted by Crippen LogP contribution is -2.48. The fourth-order valence-corrected chi connectivity index (χ4v) is 2.83. The van der Waals surface area contributed by atoms with E-state index in [1.165, 1.54) is 5.56 Å². The average Bonchev–Trinajstić information content (AvgIpc) is 2.44. The second kappa shape index (κ2) is 6.98. The van der Waals surface area contributed by atoms with Gasteiger partial charge in [0.2, 0.25) is 0 Å². The average molecular weight is 266 g/mol. The van der Waals surface area contributed by atoms with E-state index < -0.39 is 0 Å². The molecular formula is C15H23FN2O. The van der Waals surface area contributed by atoms with Crippen LogP contribution in [0.3, 0.4) is 0 Å². The van der Waals surface area contributed by atoms with E-state index in [1.54, 1.807) is 12.1 Å². The fraction of sp³-hybridized carbons (Fsp3) is 0.600. The molecule has 2 rings (SSSR count). The molecule has 1 aromatic rings. The minimum Gasteiger partial charge on any atom is -0.395 e. The molecule has 1 aliphatic rings. The summed E-state index contributed by atoms with van der Waals surface area (Å²) in [5, 5.41) is 8.95. The third-order valence-corrected chi connectivity index (χ3v) is 3.91. The lowest BCUT2D eigenvalue weighted by Gasteiger charge is -2.39. The Kier molecular flexibility index (Phi) is 5.31. The highest BCUT2D eigenvalue weighted by Gasteiger charge is 2.23. The van der Waals surface area contributed by atoms with Crippen molar-refractivity contribution >= 4 is 0 Å². The third-order valence-electron chi connectivity index (χ3n) is 3.91. The van der Waals surface area contributed by atoms with E-state index in [0.717, 1.165) is 39.1 Å². The molecule has 0 amide bonds. The van der Waals surface area contributed by atoms with Crippen molar-refractivity contribution in [2.24, 2.45) is 0 Å². The van der Waals surface area contributed by atoms with Crippen LogP contribution in [0.25, 0.3) is 0 Å². The first-order valence-corrected chi connectivity index (χ1v) is 7.07. The van der Waals surface area contributed by atoms with Gasteiger partial charge in [-0.3, -0.25) is 9.80 Å². The van der Waals surface area contributed by atoms with E-state index >= 15 is 0 Å². The van der Waals surface area contributed by atoms with Gasteiger partial charge in [0.15, 0.2) is 0 Å². The number of rotatable bonds is 5. The van der Waals surface area contributed by atoms with Gasteiger partial charge in [-0.1, -0.05) is 19.1 Å². The molecule has 3 nitrogen and oxygen atoms in total. The third kappa shape index (κ3) is 3.75. The van der Waals surface area contributed by atoms with Crippen molar-refractivity contribution in [2.45, 2.75) is 19.4 Å². The van der Waals surface area contributed by atoms with Gasteiger partial charge in [0, 0.05) is 38.8 Å². The van der Waals surface area contributed by atoms with Gasteiger partial charge in [-0.15, -0.1) is 0 Å². The van der Waals surface area contributed by atoms with Gasteiger partial charge in [-0.05, 0) is 24.1 Å². The van der Waals surface area contributed by atoms with Crippen molar-refractivity contribution in [3.8, 4) is 0 Å². The molecule has 1 unspecified atom stereocenters. The zero-order chi connectivity index (χ0) is 13.7. The van der Waals surface area contributed by atoms with Gasteiger partial charge in [0.25, 0.3) is 0 Å². The maximum atomic E-state index is 13.0. The highest BCUT2D eigenvalue weighted by atomic mass is 19.1. The summed E-state index contributed by atoms with van der Waals surface area (Å²) in [7, 11) is 0. The Morgan fingerprint density at radius 1 is 1.16 bits per heavy atom. The number of benzene rings is 1. The summed E-state index contributed by atoms with van der Waals surface area (Å²) in [5.74, 6) is -0.175. The molecule has 1 aromatic carbocycles. The SMILES string of the molecule is CCC(c1ccc(F)cc1)N1CCN(CCO)CC1. The number of nitrogens with zero attached hydrogens (tertiary/aromatic N) is 2. The molecule has 1 heterocycles. The molecule has 1 aliphatic heterocycles. The topological polar surface area (TPSA) is 26.7 Å². The summed E-state index contributed by atoms with van der Waals surface area (Å²) >= 11 is 0. The van der Waals surface area contributed by atoms with Gasteiger partial charge in [-0.25, -0.2) is 4.39 Å². The van der Waals surface area contributed by atoms with Crippen LogP contribution < -0.4 is 0 Å². The monoisotopic (exact) mass is 266 g/mol. The number of halogens is 1. The largest absolute Gasteiger partial charge is 0.395 e. The molecule has 0 spiro atoms. The number of aliphatic hydroxyl groups excluding tert-OH is 1. The molecule has 0 bridgehead atoms. The summed E-state index contributed by atoms with van der Waals surface area (Å²) in [5.41, 5.74) is 1.19. The first-order chi connectivity index (χ1) is 9.24. The Labute approximate surface area is 114 Å². The zero-order valence-corrected chi connectivity index (χ0v) is 11.6. The number of piperazine rings is 1. The molecule has 1 saturated heterocycles. The van der Waals surface area contributed by atoms with Crippen LogP contribution in [-0.2, 0) is 0 Å². The summed E-state index contributed by atoms with van der Waals surface area (Å²) in [4.78, 5) is 4.75. The molecule has 1 N–H and O–H groups in total. The van der Waals surface area contributed by atoms with Gasteiger partial charge in [0.1, 0.15) is 5.82 Å². The van der Waals surface area contributed by atoms with Crippen LogP contribution in [0.15, 0.2) is 24.3 Å². The van der Waals surface area contributed by atoms with Crippen LogP contribution in [0.2, 0.25) is 0 Å². The summed E-state index contributed by atoms with van der Waals surface area (Å²) in [6.45, 7) is 7.19. The van der Waals surface area contributed by atoms with Crippen LogP contribution >= 0.6 is 0 Å². The zero-order valence-electron chi connectivity index (χ0n) is 11.6. The molecular weight excluding hydrogens is 243 g/mol. The Bertz CT molecular complexity index is 374. The summed E-state index contributed by atoms with van der Waals surface area (Å²) in [6, 6.07) is 7.24. The van der Waals surface area contributed by atoms with Gasteiger partial charge < -0.3 is 5.11 Å². The van der Waals surface area contributed by atoms with E-state index in [0.29, 0.717) is 6.04 Å². The second-order valence-electron chi connectivity index (χ2n) is 5.08. The molecule has 19 heavy (non-hydrogen) atoms. The first-order valence-electron chi connectivity index (χ1n) is 7.07. The van der Waals surface area contributed by atoms with Gasteiger partial charge >= 0.3 is 0 Å². The Morgan fingerprint density at radius 2 is 1.79 bits per heavy atom. The van der Waals surface area contributed by atoms with Crippen LogP contribution in [0.5, 0.6) is 0 Å². The second-order valence-corrected chi connectivity index (χ2v) is 5.08. The van der Waals surface area contributed by atoms with Crippen LogP contribution in [0.4, 0.5) is 4.39 Å². The Hall–Kier alpha value is -0.970. The van der Waals surface area contributed by atoms with E-state index in [-0.39, 0.29) is 12.4 Å². The fourth-order valence-electron chi connectivity index (χ4n) is 2.83. The van der Waals surface area contributed by atoms with Crippen molar-refractivity contribution in [1.29, 1.82) is 0 Å².